The first-order chi connectivity index (χ1) is 31.6. The molecular formula is C62H44Ag2P2+2. The Balaban J connectivity index is 0.000000137. The molecule has 0 aromatic heterocycles. The third-order valence-corrected chi connectivity index (χ3v) is 18.5. The van der Waals surface area contributed by atoms with Crippen LogP contribution in [0.3, 0.4) is 0 Å². The molecule has 66 heavy (non-hydrogen) atoms. The fourth-order valence-electron chi connectivity index (χ4n) is 9.37. The first-order valence-electron chi connectivity index (χ1n) is 21.8. The van der Waals surface area contributed by atoms with E-state index < -0.39 is 15.8 Å². The Kier molecular flexibility index (Phi) is 15.3. The van der Waals surface area contributed by atoms with Crippen LogP contribution in [0, 0.1) is 24.7 Å². The number of benzene rings is 12. The fourth-order valence-corrected chi connectivity index (χ4v) is 15.6. The number of hydrogen-bond acceptors (Lipinski definition) is 0. The summed E-state index contributed by atoms with van der Waals surface area (Å²) in [6, 6.07) is 82.5. The van der Waals surface area contributed by atoms with E-state index in [-0.39, 0.29) is 44.8 Å². The Hall–Kier alpha value is -5.82. The standard InChI is InChI=1S/C26H24P2.2C18H9.2Ag/c1-5-13-23(14-6-1)27(24-15-7-2-8-16-24)21-22-28(25-17-9-3-10-18-25)26-19-11-4-12-20-26;2*1-2-12-10-15-8-6-13-4-3-5-14-7-9-16(11-12)18(15)17(13)14;;/h1-20H,21-22H2;2*3-11H;;/q;2*-1;2*+1/p+2. The summed E-state index contributed by atoms with van der Waals surface area (Å²) in [5.74, 6) is 4.96. The van der Waals surface area contributed by atoms with E-state index in [2.05, 4.69) is 218 Å². The summed E-state index contributed by atoms with van der Waals surface area (Å²) in [7, 11) is -1.57. The smallest absolute Gasteiger partial charge is 0.366 e. The van der Waals surface area contributed by atoms with Crippen LogP contribution in [0.4, 0.5) is 0 Å². The first-order valence-corrected chi connectivity index (χ1v) is 25.2. The monoisotopic (exact) mass is 1060 g/mol. The predicted octanol–water partition coefficient (Wildman–Crippen LogP) is 13.8. The topological polar surface area (TPSA) is 0 Å². The molecule has 0 aliphatic rings. The Morgan fingerprint density at radius 1 is 0.273 bits per heavy atom. The van der Waals surface area contributed by atoms with Crippen LogP contribution in [0.25, 0.3) is 64.6 Å². The minimum atomic E-state index is -0.783. The van der Waals surface area contributed by atoms with Gasteiger partial charge < -0.3 is 12.8 Å². The number of rotatable bonds is 7. The van der Waals surface area contributed by atoms with Crippen molar-refractivity contribution in [2.24, 2.45) is 0 Å². The van der Waals surface area contributed by atoms with Crippen molar-refractivity contribution < 1.29 is 44.8 Å². The third kappa shape index (κ3) is 9.82. The van der Waals surface area contributed by atoms with E-state index in [1.807, 2.05) is 24.3 Å². The van der Waals surface area contributed by atoms with Gasteiger partial charge in [-0.1, -0.05) is 158 Å². The van der Waals surface area contributed by atoms with E-state index in [1.165, 1.54) is 98.2 Å². The van der Waals surface area contributed by atoms with Gasteiger partial charge in [-0.15, -0.1) is 35.4 Å². The van der Waals surface area contributed by atoms with Gasteiger partial charge >= 0.3 is 44.8 Å². The minimum Gasteiger partial charge on any atom is -0.366 e. The van der Waals surface area contributed by atoms with Gasteiger partial charge in [-0.05, 0) is 113 Å². The quantitative estimate of drug-likeness (QED) is 0.0491. The fraction of sp³-hybridized carbons (Fsp3) is 0.0323. The van der Waals surface area contributed by atoms with Crippen molar-refractivity contribution in [2.75, 3.05) is 12.3 Å². The van der Waals surface area contributed by atoms with Crippen LogP contribution in [0.5, 0.6) is 0 Å². The second-order valence-electron chi connectivity index (χ2n) is 16.2. The van der Waals surface area contributed by atoms with Gasteiger partial charge in [0.1, 0.15) is 12.3 Å². The molecule has 12 aromatic rings. The van der Waals surface area contributed by atoms with Gasteiger partial charge in [0.25, 0.3) is 0 Å². The van der Waals surface area contributed by atoms with Crippen LogP contribution >= 0.6 is 15.8 Å². The molecule has 0 saturated heterocycles. The Labute approximate surface area is 421 Å². The molecule has 4 heteroatoms. The zero-order valence-electron chi connectivity index (χ0n) is 36.0. The van der Waals surface area contributed by atoms with Crippen LogP contribution < -0.4 is 21.2 Å². The third-order valence-electron chi connectivity index (χ3n) is 12.3. The van der Waals surface area contributed by atoms with Crippen molar-refractivity contribution in [3.63, 3.8) is 0 Å². The van der Waals surface area contributed by atoms with Gasteiger partial charge in [0.2, 0.25) is 0 Å². The van der Waals surface area contributed by atoms with Crippen LogP contribution in [0.1, 0.15) is 11.1 Å². The molecule has 0 saturated carbocycles. The summed E-state index contributed by atoms with van der Waals surface area (Å²) >= 11 is 0. The van der Waals surface area contributed by atoms with Crippen molar-refractivity contribution in [1.29, 1.82) is 0 Å². The maximum atomic E-state index is 7.30. The summed E-state index contributed by atoms with van der Waals surface area (Å²) in [6.45, 7) is 0. The van der Waals surface area contributed by atoms with E-state index in [4.69, 9.17) is 12.8 Å². The van der Waals surface area contributed by atoms with Crippen LogP contribution in [0.2, 0.25) is 0 Å². The second-order valence-corrected chi connectivity index (χ2v) is 21.4. The van der Waals surface area contributed by atoms with E-state index in [1.54, 1.807) is 0 Å². The summed E-state index contributed by atoms with van der Waals surface area (Å²) in [4.78, 5) is 0. The van der Waals surface area contributed by atoms with Crippen LogP contribution in [-0.4, -0.2) is 12.3 Å². The summed E-state index contributed by atoms with van der Waals surface area (Å²) < 4.78 is 0. The zero-order chi connectivity index (χ0) is 43.2. The number of hydrogen-bond donors (Lipinski definition) is 0. The molecule has 0 amide bonds. The molecule has 0 fully saturated rings. The summed E-state index contributed by atoms with van der Waals surface area (Å²) in [5.41, 5.74) is 1.67. The van der Waals surface area contributed by atoms with Gasteiger partial charge in [-0.2, -0.15) is 0 Å². The van der Waals surface area contributed by atoms with Gasteiger partial charge in [-0.25, -0.2) is 0 Å². The van der Waals surface area contributed by atoms with Gasteiger partial charge in [0.15, 0.2) is 0 Å². The summed E-state index contributed by atoms with van der Waals surface area (Å²) in [5, 5.41) is 21.1. The zero-order valence-corrected chi connectivity index (χ0v) is 40.9. The van der Waals surface area contributed by atoms with Crippen molar-refractivity contribution >= 4 is 102 Å². The van der Waals surface area contributed by atoms with Crippen LogP contribution in [0.15, 0.2) is 231 Å². The van der Waals surface area contributed by atoms with E-state index in [9.17, 15) is 0 Å². The van der Waals surface area contributed by atoms with Crippen molar-refractivity contribution in [3.05, 3.63) is 254 Å². The maximum absolute atomic E-state index is 7.30. The molecule has 0 aliphatic heterocycles. The van der Waals surface area contributed by atoms with Crippen molar-refractivity contribution in [3.8, 4) is 11.8 Å². The molecular weight excluding hydrogens is 1020 g/mol. The molecule has 0 unspecified atom stereocenters. The molecule has 12 aromatic carbocycles. The van der Waals surface area contributed by atoms with Crippen molar-refractivity contribution in [1.82, 2.24) is 0 Å². The molecule has 0 N–H and O–H groups in total. The Bertz CT molecular complexity index is 3130. The van der Waals surface area contributed by atoms with E-state index >= 15 is 0 Å². The molecule has 0 aliphatic carbocycles. The van der Waals surface area contributed by atoms with E-state index in [0.29, 0.717) is 0 Å². The molecule has 0 nitrogen and oxygen atoms in total. The molecule has 0 heterocycles. The molecule has 0 radical (unpaired) electrons. The Morgan fingerprint density at radius 2 is 0.500 bits per heavy atom. The minimum absolute atomic E-state index is 0. The maximum Gasteiger partial charge on any atom is 1.00 e. The van der Waals surface area contributed by atoms with Gasteiger partial charge in [-0.3, -0.25) is 11.8 Å². The largest absolute Gasteiger partial charge is 1.00 e. The molecule has 0 bridgehead atoms. The second kappa shape index (κ2) is 21.7. The SMILES string of the molecule is [Ag+].[Ag+].[C-]#Cc1cc2ccc3cccc4ccc(c1)c2c34.[C-]#Cc1cc2ccc3cccc4ccc(c1)c2c34.c1ccc([PH+](CC[PH+](c2ccccc2)c2ccccc2)c2ccccc2)cc1. The average molecular weight is 1070 g/mol. The van der Waals surface area contributed by atoms with E-state index in [0.717, 1.165) is 11.1 Å². The molecule has 0 atom stereocenters. The Morgan fingerprint density at radius 3 is 0.742 bits per heavy atom. The van der Waals surface area contributed by atoms with Crippen LogP contribution in [-0.2, 0) is 44.8 Å². The first kappa shape index (κ1) is 46.7. The van der Waals surface area contributed by atoms with Gasteiger partial charge in [0, 0.05) is 0 Å². The molecule has 0 spiro atoms. The molecule has 12 rings (SSSR count). The normalized spacial score (nSPS) is 10.8. The molecule has 322 valence electrons. The van der Waals surface area contributed by atoms with Crippen molar-refractivity contribution in [2.45, 2.75) is 0 Å². The summed E-state index contributed by atoms with van der Waals surface area (Å²) in [6.07, 6.45) is 17.1. The predicted molar refractivity (Wildman–Crippen MR) is 283 cm³/mol. The average Bonchev–Trinajstić information content (AvgIpc) is 3.37. The van der Waals surface area contributed by atoms with Gasteiger partial charge in [0.05, 0.1) is 37.1 Å².